The lowest BCUT2D eigenvalue weighted by Crippen LogP contribution is -2.14. The number of nitrogens with zero attached hydrogens (tertiary/aromatic N) is 2. The Labute approximate surface area is 177 Å². The molecule has 0 spiro atoms. The zero-order valence-electron chi connectivity index (χ0n) is 17.6. The molecule has 0 bridgehead atoms. The molecule has 0 aliphatic rings. The van der Waals surface area contributed by atoms with Gasteiger partial charge in [0.1, 0.15) is 5.15 Å². The van der Waals surface area contributed by atoms with E-state index in [1.54, 1.807) is 35.0 Å². The van der Waals surface area contributed by atoms with Gasteiger partial charge in [-0.25, -0.2) is 0 Å². The van der Waals surface area contributed by atoms with Crippen molar-refractivity contribution in [2.45, 2.75) is 47.6 Å². The number of anilines is 2. The number of benzene rings is 1. The fourth-order valence-corrected chi connectivity index (χ4v) is 3.09. The second-order valence-electron chi connectivity index (χ2n) is 7.91. The Morgan fingerprint density at radius 2 is 1.66 bits per heavy atom. The van der Waals surface area contributed by atoms with Gasteiger partial charge < -0.3 is 10.6 Å². The van der Waals surface area contributed by atoms with Crippen LogP contribution in [0.1, 0.15) is 45.4 Å². The molecule has 0 aliphatic heterocycles. The molecule has 6 nitrogen and oxygen atoms in total. The molecule has 2 rings (SSSR count). The molecule has 0 atom stereocenters. The molecule has 1 aromatic carbocycles. The van der Waals surface area contributed by atoms with E-state index in [4.69, 9.17) is 11.6 Å². The lowest BCUT2D eigenvalue weighted by Gasteiger charge is -2.08. The van der Waals surface area contributed by atoms with Crippen molar-refractivity contribution in [3.63, 3.8) is 0 Å². The number of aryl methyl sites for hydroxylation is 1. The average molecular weight is 417 g/mol. The third-order valence-corrected chi connectivity index (χ3v) is 4.48. The van der Waals surface area contributed by atoms with E-state index in [9.17, 15) is 9.59 Å². The predicted octanol–water partition coefficient (Wildman–Crippen LogP) is 5.14. The average Bonchev–Trinajstić information content (AvgIpc) is 2.87. The molecule has 0 saturated heterocycles. The fourth-order valence-electron chi connectivity index (χ4n) is 2.79. The molecule has 0 aliphatic carbocycles. The number of rotatable bonds is 8. The number of carbonyl (C=O) groups is 2. The van der Waals surface area contributed by atoms with E-state index in [1.807, 2.05) is 20.8 Å². The zero-order chi connectivity index (χ0) is 21.6. The Hall–Kier alpha value is -2.60. The first-order valence-electron chi connectivity index (χ1n) is 9.77. The van der Waals surface area contributed by atoms with Gasteiger partial charge in [0.15, 0.2) is 0 Å². The van der Waals surface area contributed by atoms with Crippen LogP contribution in [0.25, 0.3) is 6.08 Å². The van der Waals surface area contributed by atoms with Crippen LogP contribution >= 0.6 is 11.6 Å². The summed E-state index contributed by atoms with van der Waals surface area (Å²) in [5, 5.41) is 10.6. The highest BCUT2D eigenvalue weighted by Crippen LogP contribution is 2.22. The normalized spacial score (nSPS) is 11.4. The maximum absolute atomic E-state index is 12.2. The summed E-state index contributed by atoms with van der Waals surface area (Å²) in [6.07, 6.45) is 3.59. The number of hydrogen-bond acceptors (Lipinski definition) is 3. The minimum absolute atomic E-state index is 0.0232. The van der Waals surface area contributed by atoms with Crippen molar-refractivity contribution in [1.29, 1.82) is 0 Å². The number of hydrogen-bond donors (Lipinski definition) is 2. The van der Waals surface area contributed by atoms with Crippen molar-refractivity contribution in [3.8, 4) is 0 Å². The highest BCUT2D eigenvalue weighted by molar-refractivity contribution is 6.31. The van der Waals surface area contributed by atoms with E-state index in [-0.39, 0.29) is 11.8 Å². The van der Waals surface area contributed by atoms with Gasteiger partial charge in [0.2, 0.25) is 11.8 Å². The van der Waals surface area contributed by atoms with Crippen LogP contribution in [0.2, 0.25) is 5.15 Å². The summed E-state index contributed by atoms with van der Waals surface area (Å²) >= 11 is 6.39. The van der Waals surface area contributed by atoms with Gasteiger partial charge in [-0.2, -0.15) is 5.10 Å². The molecule has 7 heteroatoms. The van der Waals surface area contributed by atoms with Gasteiger partial charge in [-0.1, -0.05) is 39.3 Å². The summed E-state index contributed by atoms with van der Waals surface area (Å²) < 4.78 is 1.76. The molecule has 2 N–H and O–H groups in total. The molecule has 0 saturated carbocycles. The Balaban J connectivity index is 1.97. The Bertz CT molecular complexity index is 883. The topological polar surface area (TPSA) is 76.0 Å². The van der Waals surface area contributed by atoms with Crippen LogP contribution in [0.15, 0.2) is 30.3 Å². The largest absolute Gasteiger partial charge is 0.326 e. The molecule has 2 aromatic rings. The van der Waals surface area contributed by atoms with Gasteiger partial charge in [-0.05, 0) is 49.1 Å². The summed E-state index contributed by atoms with van der Waals surface area (Å²) in [6, 6.07) is 7.01. The Kier molecular flexibility index (Phi) is 8.02. The maximum atomic E-state index is 12.2. The van der Waals surface area contributed by atoms with Gasteiger partial charge in [-0.3, -0.25) is 14.3 Å². The number of aromatic nitrogens is 2. The predicted molar refractivity (Wildman–Crippen MR) is 119 cm³/mol. The van der Waals surface area contributed by atoms with Crippen LogP contribution in [0, 0.1) is 18.8 Å². The van der Waals surface area contributed by atoms with E-state index in [0.29, 0.717) is 34.8 Å². The smallest absolute Gasteiger partial charge is 0.248 e. The van der Waals surface area contributed by atoms with Crippen molar-refractivity contribution in [2.75, 3.05) is 10.6 Å². The van der Waals surface area contributed by atoms with Crippen molar-refractivity contribution in [1.82, 2.24) is 9.78 Å². The Morgan fingerprint density at radius 1 is 1.07 bits per heavy atom. The van der Waals surface area contributed by atoms with E-state index in [0.717, 1.165) is 17.8 Å². The van der Waals surface area contributed by atoms with Crippen LogP contribution in [0.5, 0.6) is 0 Å². The van der Waals surface area contributed by atoms with Crippen LogP contribution in [0.3, 0.4) is 0 Å². The number of halogens is 1. The first-order valence-corrected chi connectivity index (χ1v) is 10.2. The highest BCUT2D eigenvalue weighted by atomic mass is 35.5. The molecule has 0 radical (unpaired) electrons. The third kappa shape index (κ3) is 7.06. The standard InChI is InChI=1S/C22H29ClN4O2/c1-14(2)12-21(29)25-18-8-6-17(7-9-18)24-20(28)11-10-19-16(5)26-27(22(19)23)13-15(3)4/h6-11,14-15H,12-13H2,1-5H3,(H,24,28)(H,25,29)/b11-10+. The summed E-state index contributed by atoms with van der Waals surface area (Å²) in [6.45, 7) is 10.8. The fraction of sp³-hybridized carbons (Fsp3) is 0.409. The summed E-state index contributed by atoms with van der Waals surface area (Å²) in [5.74, 6) is 0.429. The van der Waals surface area contributed by atoms with E-state index in [1.165, 1.54) is 6.08 Å². The van der Waals surface area contributed by atoms with E-state index >= 15 is 0 Å². The van der Waals surface area contributed by atoms with E-state index in [2.05, 4.69) is 29.6 Å². The molecule has 1 heterocycles. The molecular formula is C22H29ClN4O2. The lowest BCUT2D eigenvalue weighted by atomic mass is 10.1. The summed E-state index contributed by atoms with van der Waals surface area (Å²) in [5.41, 5.74) is 2.86. The quantitative estimate of drug-likeness (QED) is 0.585. The van der Waals surface area contributed by atoms with Crippen LogP contribution in [-0.4, -0.2) is 21.6 Å². The molecule has 0 unspecified atom stereocenters. The highest BCUT2D eigenvalue weighted by Gasteiger charge is 2.12. The van der Waals surface area contributed by atoms with Crippen LogP contribution in [-0.2, 0) is 16.1 Å². The second kappa shape index (κ2) is 10.3. The first kappa shape index (κ1) is 22.7. The van der Waals surface area contributed by atoms with Crippen molar-refractivity contribution < 1.29 is 9.59 Å². The van der Waals surface area contributed by atoms with Gasteiger partial charge in [0.05, 0.1) is 5.69 Å². The maximum Gasteiger partial charge on any atom is 0.248 e. The SMILES string of the molecule is Cc1nn(CC(C)C)c(Cl)c1/C=C/C(=O)Nc1ccc(NC(=O)CC(C)C)cc1. The van der Waals surface area contributed by atoms with Crippen molar-refractivity contribution >= 4 is 40.9 Å². The van der Waals surface area contributed by atoms with Crippen molar-refractivity contribution in [2.24, 2.45) is 11.8 Å². The third-order valence-electron chi connectivity index (χ3n) is 4.08. The monoisotopic (exact) mass is 416 g/mol. The van der Waals surface area contributed by atoms with E-state index < -0.39 is 0 Å². The Morgan fingerprint density at radius 3 is 2.21 bits per heavy atom. The molecule has 29 heavy (non-hydrogen) atoms. The minimum Gasteiger partial charge on any atom is -0.326 e. The summed E-state index contributed by atoms with van der Waals surface area (Å²) in [4.78, 5) is 24.1. The first-order chi connectivity index (χ1) is 13.7. The summed E-state index contributed by atoms with van der Waals surface area (Å²) in [7, 11) is 0. The van der Waals surface area contributed by atoms with Gasteiger partial charge in [0.25, 0.3) is 0 Å². The van der Waals surface area contributed by atoms with Crippen LogP contribution in [0.4, 0.5) is 11.4 Å². The molecule has 0 fully saturated rings. The van der Waals surface area contributed by atoms with Gasteiger partial charge in [0, 0.05) is 36.0 Å². The number of nitrogens with one attached hydrogen (secondary N) is 2. The minimum atomic E-state index is -0.270. The zero-order valence-corrected chi connectivity index (χ0v) is 18.4. The molecular weight excluding hydrogens is 388 g/mol. The second-order valence-corrected chi connectivity index (χ2v) is 8.27. The number of amides is 2. The van der Waals surface area contributed by atoms with Gasteiger partial charge >= 0.3 is 0 Å². The van der Waals surface area contributed by atoms with Crippen LogP contribution < -0.4 is 10.6 Å². The molecule has 156 valence electrons. The van der Waals surface area contributed by atoms with Crippen molar-refractivity contribution in [3.05, 3.63) is 46.8 Å². The lowest BCUT2D eigenvalue weighted by molar-refractivity contribution is -0.117. The van der Waals surface area contributed by atoms with Gasteiger partial charge in [-0.15, -0.1) is 0 Å². The molecule has 1 aromatic heterocycles. The molecule has 2 amide bonds. The number of carbonyl (C=O) groups excluding carboxylic acids is 2.